The quantitative estimate of drug-likeness (QED) is 0.231. The molecule has 0 bridgehead atoms. The van der Waals surface area contributed by atoms with Gasteiger partial charge < -0.3 is 8.83 Å². The smallest absolute Gasteiger partial charge is 0.164 e. The van der Waals surface area contributed by atoms with E-state index in [0.29, 0.717) is 28.1 Å². The Hall–Kier alpha value is -5.00. The molecule has 8 aromatic rings. The molecule has 0 N–H and O–H groups in total. The van der Waals surface area contributed by atoms with E-state index in [4.69, 9.17) is 35.4 Å². The average molecular weight is 524 g/mol. The largest absolute Gasteiger partial charge is 0.456 e. The summed E-state index contributed by atoms with van der Waals surface area (Å²) in [6, 6.07) is 35.7. The van der Waals surface area contributed by atoms with Crippen LogP contribution >= 0.6 is 11.6 Å². The van der Waals surface area contributed by atoms with Gasteiger partial charge >= 0.3 is 0 Å². The van der Waals surface area contributed by atoms with E-state index in [0.717, 1.165) is 55.0 Å². The van der Waals surface area contributed by atoms with Crippen molar-refractivity contribution < 1.29 is 8.83 Å². The maximum atomic E-state index is 6.41. The first kappa shape index (κ1) is 22.0. The van der Waals surface area contributed by atoms with Crippen LogP contribution in [0.25, 0.3) is 78.0 Å². The monoisotopic (exact) mass is 523 g/mol. The van der Waals surface area contributed by atoms with Crippen molar-refractivity contribution in [2.45, 2.75) is 0 Å². The Morgan fingerprint density at radius 3 is 2.10 bits per heavy atom. The van der Waals surface area contributed by atoms with Crippen LogP contribution in [-0.2, 0) is 0 Å². The van der Waals surface area contributed by atoms with Crippen LogP contribution in [-0.4, -0.2) is 15.0 Å². The van der Waals surface area contributed by atoms with E-state index in [1.165, 1.54) is 0 Å². The second kappa shape index (κ2) is 8.51. The highest BCUT2D eigenvalue weighted by Gasteiger charge is 2.18. The molecule has 0 amide bonds. The molecule has 0 aliphatic heterocycles. The van der Waals surface area contributed by atoms with Gasteiger partial charge in [0.2, 0.25) is 0 Å². The first-order valence-electron chi connectivity index (χ1n) is 12.6. The summed E-state index contributed by atoms with van der Waals surface area (Å²) in [5.74, 6) is 1.72. The molecule has 0 unspecified atom stereocenters. The summed E-state index contributed by atoms with van der Waals surface area (Å²) in [4.78, 5) is 14.8. The number of hydrogen-bond donors (Lipinski definition) is 0. The van der Waals surface area contributed by atoms with E-state index in [9.17, 15) is 0 Å². The van der Waals surface area contributed by atoms with Crippen LogP contribution in [0.5, 0.6) is 0 Å². The summed E-state index contributed by atoms with van der Waals surface area (Å²) < 4.78 is 12.3. The molecule has 3 aromatic heterocycles. The van der Waals surface area contributed by atoms with E-state index in [-0.39, 0.29) is 0 Å². The van der Waals surface area contributed by atoms with Crippen molar-refractivity contribution in [1.29, 1.82) is 0 Å². The molecule has 5 aromatic carbocycles. The molecular weight excluding hydrogens is 506 g/mol. The minimum absolute atomic E-state index is 0.553. The van der Waals surface area contributed by atoms with E-state index >= 15 is 0 Å². The minimum atomic E-state index is 0.553. The lowest BCUT2D eigenvalue weighted by molar-refractivity contribution is 0.668. The molecule has 39 heavy (non-hydrogen) atoms. The van der Waals surface area contributed by atoms with Crippen LogP contribution in [0.2, 0.25) is 5.02 Å². The fraction of sp³-hybridized carbons (Fsp3) is 0. The van der Waals surface area contributed by atoms with E-state index < -0.39 is 0 Å². The Kier molecular flexibility index (Phi) is 4.81. The zero-order valence-corrected chi connectivity index (χ0v) is 21.2. The fourth-order valence-electron chi connectivity index (χ4n) is 5.21. The molecule has 0 radical (unpaired) electrons. The molecule has 0 aliphatic rings. The second-order valence-electron chi connectivity index (χ2n) is 9.38. The number of aromatic nitrogens is 3. The molecule has 0 spiro atoms. The molecule has 0 saturated heterocycles. The maximum Gasteiger partial charge on any atom is 0.164 e. The summed E-state index contributed by atoms with van der Waals surface area (Å²) in [6.45, 7) is 0. The minimum Gasteiger partial charge on any atom is -0.456 e. The molecule has 184 valence electrons. The van der Waals surface area contributed by atoms with Crippen LogP contribution in [0.4, 0.5) is 0 Å². The van der Waals surface area contributed by atoms with Gasteiger partial charge in [-0.1, -0.05) is 90.5 Å². The summed E-state index contributed by atoms with van der Waals surface area (Å²) in [5.41, 5.74) is 5.62. The SMILES string of the molecule is Clc1cccc2c1oc1cc(-c3nc(-c4ccccc4)nc(-c4cccc5oc6ccccc6c45)n3)ccc12. The normalized spacial score (nSPS) is 11.7. The number of fused-ring (bicyclic) bond motifs is 6. The summed E-state index contributed by atoms with van der Waals surface area (Å²) >= 11 is 6.41. The van der Waals surface area contributed by atoms with Crippen molar-refractivity contribution in [2.24, 2.45) is 0 Å². The third-order valence-electron chi connectivity index (χ3n) is 7.02. The standard InChI is InChI=1S/C33H18ClN3O2/c34-25-13-6-11-22-21-17-16-20(18-28(21)39-30(22)25)32-35-31(19-8-2-1-3-9-19)36-33(37-32)24-12-7-15-27-29(24)23-10-4-5-14-26(23)38-27/h1-18H. The highest BCUT2D eigenvalue weighted by atomic mass is 35.5. The maximum absolute atomic E-state index is 6.41. The number of rotatable bonds is 3. The molecule has 6 heteroatoms. The van der Waals surface area contributed by atoms with Crippen molar-refractivity contribution in [3.05, 3.63) is 114 Å². The van der Waals surface area contributed by atoms with Gasteiger partial charge in [0.25, 0.3) is 0 Å². The van der Waals surface area contributed by atoms with Gasteiger partial charge in [0.1, 0.15) is 16.7 Å². The third kappa shape index (κ3) is 3.51. The molecule has 3 heterocycles. The first-order chi connectivity index (χ1) is 19.2. The molecule has 0 aliphatic carbocycles. The van der Waals surface area contributed by atoms with Crippen LogP contribution < -0.4 is 0 Å². The number of furan rings is 2. The van der Waals surface area contributed by atoms with Gasteiger partial charge in [0.05, 0.1) is 5.02 Å². The lowest BCUT2D eigenvalue weighted by atomic mass is 10.1. The second-order valence-corrected chi connectivity index (χ2v) is 9.79. The predicted molar refractivity (Wildman–Crippen MR) is 156 cm³/mol. The van der Waals surface area contributed by atoms with Gasteiger partial charge in [-0.15, -0.1) is 0 Å². The van der Waals surface area contributed by atoms with E-state index in [1.54, 1.807) is 0 Å². The first-order valence-corrected chi connectivity index (χ1v) is 12.9. The van der Waals surface area contributed by atoms with Gasteiger partial charge in [0, 0.05) is 38.2 Å². The van der Waals surface area contributed by atoms with Crippen LogP contribution in [0.3, 0.4) is 0 Å². The number of hydrogen-bond acceptors (Lipinski definition) is 5. The Labute approximate surface area is 227 Å². The highest BCUT2D eigenvalue weighted by Crippen LogP contribution is 2.38. The molecule has 0 atom stereocenters. The Bertz CT molecular complexity index is 2200. The van der Waals surface area contributed by atoms with Crippen molar-refractivity contribution >= 4 is 55.5 Å². The van der Waals surface area contributed by atoms with Crippen LogP contribution in [0.1, 0.15) is 0 Å². The lowest BCUT2D eigenvalue weighted by Gasteiger charge is -2.09. The van der Waals surface area contributed by atoms with Crippen LogP contribution in [0, 0.1) is 0 Å². The number of benzene rings is 5. The van der Waals surface area contributed by atoms with Crippen LogP contribution in [0.15, 0.2) is 118 Å². The molecule has 5 nitrogen and oxygen atoms in total. The van der Waals surface area contributed by atoms with Gasteiger partial charge in [-0.2, -0.15) is 0 Å². The van der Waals surface area contributed by atoms with Gasteiger partial charge in [-0.3, -0.25) is 0 Å². The number of nitrogens with zero attached hydrogens (tertiary/aromatic N) is 3. The third-order valence-corrected chi connectivity index (χ3v) is 7.32. The Morgan fingerprint density at radius 1 is 0.487 bits per heavy atom. The molecule has 8 rings (SSSR count). The Balaban J connectivity index is 1.39. The highest BCUT2D eigenvalue weighted by molar-refractivity contribution is 6.35. The predicted octanol–water partition coefficient (Wildman–Crippen LogP) is 9.32. The Morgan fingerprint density at radius 2 is 1.21 bits per heavy atom. The van der Waals surface area contributed by atoms with Gasteiger partial charge in [-0.25, -0.2) is 15.0 Å². The van der Waals surface area contributed by atoms with E-state index in [1.807, 2.05) is 103 Å². The number of halogens is 1. The van der Waals surface area contributed by atoms with Crippen molar-refractivity contribution in [2.75, 3.05) is 0 Å². The number of para-hydroxylation sites is 2. The average Bonchev–Trinajstić information content (AvgIpc) is 3.56. The topological polar surface area (TPSA) is 65.0 Å². The van der Waals surface area contributed by atoms with Crippen molar-refractivity contribution in [1.82, 2.24) is 15.0 Å². The summed E-state index contributed by atoms with van der Waals surface area (Å²) in [6.07, 6.45) is 0. The lowest BCUT2D eigenvalue weighted by Crippen LogP contribution is -2.00. The summed E-state index contributed by atoms with van der Waals surface area (Å²) in [7, 11) is 0. The fourth-order valence-corrected chi connectivity index (χ4v) is 5.42. The van der Waals surface area contributed by atoms with Gasteiger partial charge in [0.15, 0.2) is 23.1 Å². The van der Waals surface area contributed by atoms with Crippen molar-refractivity contribution in [3.8, 4) is 34.2 Å². The molecule has 0 saturated carbocycles. The molecule has 0 fully saturated rings. The summed E-state index contributed by atoms with van der Waals surface area (Å²) in [5, 5.41) is 4.55. The molecular formula is C33H18ClN3O2. The van der Waals surface area contributed by atoms with E-state index in [2.05, 4.69) is 6.07 Å². The van der Waals surface area contributed by atoms with Gasteiger partial charge in [-0.05, 0) is 30.3 Å². The zero-order chi connectivity index (χ0) is 25.9. The van der Waals surface area contributed by atoms with Crippen molar-refractivity contribution in [3.63, 3.8) is 0 Å². The zero-order valence-electron chi connectivity index (χ0n) is 20.4.